The van der Waals surface area contributed by atoms with E-state index >= 15 is 0 Å². The van der Waals surface area contributed by atoms with Crippen molar-refractivity contribution in [3.8, 4) is 0 Å². The molecule has 3 aromatic rings. The lowest BCUT2D eigenvalue weighted by atomic mass is 9.86. The molecular formula is C26H25FN2O4. The summed E-state index contributed by atoms with van der Waals surface area (Å²) >= 11 is 0. The molecular weight excluding hydrogens is 423 g/mol. The summed E-state index contributed by atoms with van der Waals surface area (Å²) < 4.78 is 23.6. The summed E-state index contributed by atoms with van der Waals surface area (Å²) in [4.78, 5) is 30.0. The molecule has 6 nitrogen and oxygen atoms in total. The van der Waals surface area contributed by atoms with Crippen LogP contribution in [0.4, 0.5) is 4.39 Å². The summed E-state index contributed by atoms with van der Waals surface area (Å²) in [6.45, 7) is 0.357. The molecule has 0 fully saturated rings. The Kier molecular flexibility index (Phi) is 7.10. The first-order valence-electron chi connectivity index (χ1n) is 10.9. The second kappa shape index (κ2) is 10.4. The van der Waals surface area contributed by atoms with Gasteiger partial charge in [-0.2, -0.15) is 0 Å². The molecule has 0 saturated carbocycles. The molecule has 0 radical (unpaired) electrons. The Morgan fingerprint density at radius 3 is 2.70 bits per heavy atom. The van der Waals surface area contributed by atoms with Gasteiger partial charge in [-0.05, 0) is 60.2 Å². The average Bonchev–Trinajstić information content (AvgIpc) is 2.83. The van der Waals surface area contributed by atoms with Gasteiger partial charge in [0, 0.05) is 19.0 Å². The number of ether oxygens (including phenoxy) is 2. The first-order valence-corrected chi connectivity index (χ1v) is 10.9. The molecule has 33 heavy (non-hydrogen) atoms. The lowest BCUT2D eigenvalue weighted by Gasteiger charge is -2.22. The van der Waals surface area contributed by atoms with Crippen molar-refractivity contribution in [1.82, 2.24) is 10.3 Å². The fourth-order valence-electron chi connectivity index (χ4n) is 4.02. The minimum Gasteiger partial charge on any atom is -0.452 e. The minimum absolute atomic E-state index is 0.290. The number of methoxy groups -OCH3 is 1. The summed E-state index contributed by atoms with van der Waals surface area (Å²) in [6.07, 6.45) is 4.31. The van der Waals surface area contributed by atoms with Gasteiger partial charge in [0.15, 0.2) is 6.61 Å². The van der Waals surface area contributed by atoms with Gasteiger partial charge in [-0.1, -0.05) is 30.3 Å². The zero-order valence-corrected chi connectivity index (χ0v) is 18.4. The van der Waals surface area contributed by atoms with E-state index in [1.165, 1.54) is 12.1 Å². The molecule has 7 heteroatoms. The van der Waals surface area contributed by atoms with Crippen LogP contribution in [-0.4, -0.2) is 43.7 Å². The minimum atomic E-state index is -0.547. The van der Waals surface area contributed by atoms with Gasteiger partial charge < -0.3 is 14.8 Å². The highest BCUT2D eigenvalue weighted by atomic mass is 19.1. The van der Waals surface area contributed by atoms with Gasteiger partial charge in [0.25, 0.3) is 5.91 Å². The number of carbonyl (C=O) groups excluding carboxylic acids is 2. The van der Waals surface area contributed by atoms with Crippen molar-refractivity contribution in [3.05, 3.63) is 76.7 Å². The predicted molar refractivity (Wildman–Crippen MR) is 124 cm³/mol. The zero-order chi connectivity index (χ0) is 23.2. The maximum Gasteiger partial charge on any atom is 0.339 e. The number of benzene rings is 2. The second-order valence-corrected chi connectivity index (χ2v) is 7.82. The molecule has 4 rings (SSSR count). The molecule has 0 saturated heterocycles. The van der Waals surface area contributed by atoms with Crippen LogP contribution in [0.25, 0.3) is 22.6 Å². The van der Waals surface area contributed by atoms with Gasteiger partial charge in [0.1, 0.15) is 5.82 Å². The van der Waals surface area contributed by atoms with Gasteiger partial charge in [-0.15, -0.1) is 0 Å². The number of allylic oxidation sites excluding steroid dienone is 1. The topological polar surface area (TPSA) is 77.5 Å². The normalized spacial score (nSPS) is 14.2. The third-order valence-corrected chi connectivity index (χ3v) is 5.55. The van der Waals surface area contributed by atoms with E-state index in [0.717, 1.165) is 35.2 Å². The molecule has 0 aliphatic heterocycles. The lowest BCUT2D eigenvalue weighted by Crippen LogP contribution is -2.31. The Hall–Kier alpha value is -3.58. The van der Waals surface area contributed by atoms with Crippen molar-refractivity contribution < 1.29 is 23.5 Å². The van der Waals surface area contributed by atoms with Crippen molar-refractivity contribution in [3.63, 3.8) is 0 Å². The van der Waals surface area contributed by atoms with E-state index in [-0.39, 0.29) is 18.3 Å². The Bertz CT molecular complexity index is 1200. The first kappa shape index (κ1) is 22.6. The van der Waals surface area contributed by atoms with E-state index in [2.05, 4.69) is 5.32 Å². The highest BCUT2D eigenvalue weighted by Gasteiger charge is 2.26. The van der Waals surface area contributed by atoms with E-state index in [1.807, 2.05) is 30.3 Å². The number of amides is 1. The predicted octanol–water partition coefficient (Wildman–Crippen LogP) is 4.17. The molecule has 2 aromatic carbocycles. The lowest BCUT2D eigenvalue weighted by molar-refractivity contribution is -0.124. The van der Waals surface area contributed by atoms with Crippen LogP contribution in [0.15, 0.2) is 48.5 Å². The molecule has 1 N–H and O–H groups in total. The van der Waals surface area contributed by atoms with E-state index in [9.17, 15) is 14.0 Å². The van der Waals surface area contributed by atoms with Crippen LogP contribution in [0.2, 0.25) is 0 Å². The number of esters is 1. The maximum absolute atomic E-state index is 13.3. The molecule has 1 aromatic heterocycles. The van der Waals surface area contributed by atoms with Crippen molar-refractivity contribution in [1.29, 1.82) is 0 Å². The van der Waals surface area contributed by atoms with E-state index in [0.29, 0.717) is 36.0 Å². The number of pyridine rings is 1. The summed E-state index contributed by atoms with van der Waals surface area (Å²) in [5.41, 5.74) is 4.55. The molecule has 170 valence electrons. The maximum atomic E-state index is 13.3. The number of fused-ring (bicyclic) bond motifs is 2. The highest BCUT2D eigenvalue weighted by molar-refractivity contribution is 6.07. The summed E-state index contributed by atoms with van der Waals surface area (Å²) in [6, 6.07) is 13.7. The Morgan fingerprint density at radius 1 is 1.12 bits per heavy atom. The molecule has 1 aliphatic carbocycles. The number of rotatable bonds is 7. The second-order valence-electron chi connectivity index (χ2n) is 7.82. The Balaban J connectivity index is 1.69. The fourth-order valence-corrected chi connectivity index (χ4v) is 4.02. The van der Waals surface area contributed by atoms with E-state index in [4.69, 9.17) is 14.5 Å². The fraction of sp³-hybridized carbons (Fsp3) is 0.269. The number of nitrogens with zero attached hydrogens (tertiary/aromatic N) is 1. The largest absolute Gasteiger partial charge is 0.452 e. The molecule has 0 spiro atoms. The van der Waals surface area contributed by atoms with Crippen LogP contribution in [0, 0.1) is 5.82 Å². The van der Waals surface area contributed by atoms with Crippen molar-refractivity contribution in [2.75, 3.05) is 26.9 Å². The number of carbonyl (C=O) groups is 2. The quantitative estimate of drug-likeness (QED) is 0.434. The van der Waals surface area contributed by atoms with E-state index in [1.54, 1.807) is 19.2 Å². The van der Waals surface area contributed by atoms with Gasteiger partial charge in [-0.3, -0.25) is 4.79 Å². The molecule has 0 bridgehead atoms. The van der Waals surface area contributed by atoms with Crippen LogP contribution in [0.1, 0.15) is 40.0 Å². The SMILES string of the molecule is COCCNC(=O)COC(=O)c1c2c(nc3ccccc13)C(=Cc1ccc(F)cc1)CCC2. The van der Waals surface area contributed by atoms with Gasteiger partial charge >= 0.3 is 5.97 Å². The number of hydrogen-bond donors (Lipinski definition) is 1. The summed E-state index contributed by atoms with van der Waals surface area (Å²) in [5.74, 6) is -1.22. The van der Waals surface area contributed by atoms with Crippen molar-refractivity contribution >= 4 is 34.4 Å². The molecule has 0 atom stereocenters. The third-order valence-electron chi connectivity index (χ3n) is 5.55. The van der Waals surface area contributed by atoms with Gasteiger partial charge in [0.2, 0.25) is 0 Å². The Morgan fingerprint density at radius 2 is 1.91 bits per heavy atom. The number of nitrogens with one attached hydrogen (secondary N) is 1. The highest BCUT2D eigenvalue weighted by Crippen LogP contribution is 2.36. The Labute approximate surface area is 191 Å². The molecule has 0 unspecified atom stereocenters. The van der Waals surface area contributed by atoms with Crippen molar-refractivity contribution in [2.45, 2.75) is 19.3 Å². The average molecular weight is 448 g/mol. The molecule has 1 aliphatic rings. The monoisotopic (exact) mass is 448 g/mol. The zero-order valence-electron chi connectivity index (χ0n) is 18.4. The number of para-hydroxylation sites is 1. The smallest absolute Gasteiger partial charge is 0.339 e. The van der Waals surface area contributed by atoms with Crippen molar-refractivity contribution in [2.24, 2.45) is 0 Å². The van der Waals surface area contributed by atoms with Gasteiger partial charge in [0.05, 0.1) is 23.4 Å². The molecule has 1 amide bonds. The first-order chi connectivity index (χ1) is 16.1. The summed E-state index contributed by atoms with van der Waals surface area (Å²) in [7, 11) is 1.54. The third kappa shape index (κ3) is 5.26. The number of hydrogen-bond acceptors (Lipinski definition) is 5. The van der Waals surface area contributed by atoms with Gasteiger partial charge in [-0.25, -0.2) is 14.2 Å². The summed E-state index contributed by atoms with van der Waals surface area (Å²) in [5, 5.41) is 3.34. The van der Waals surface area contributed by atoms with Crippen LogP contribution in [-0.2, 0) is 20.7 Å². The number of aromatic nitrogens is 1. The van der Waals surface area contributed by atoms with Crippen LogP contribution >= 0.6 is 0 Å². The van der Waals surface area contributed by atoms with Crippen LogP contribution in [0.5, 0.6) is 0 Å². The standard InChI is InChI=1S/C26H25FN2O4/c1-32-14-13-28-23(30)16-33-26(31)24-20-6-2-3-8-22(20)29-25-18(5-4-7-21(24)25)15-17-9-11-19(27)12-10-17/h2-3,6,8-12,15H,4-5,7,13-14,16H2,1H3,(H,28,30). The van der Waals surface area contributed by atoms with E-state index < -0.39 is 5.97 Å². The van der Waals surface area contributed by atoms with Crippen LogP contribution in [0.3, 0.4) is 0 Å². The van der Waals surface area contributed by atoms with Crippen LogP contribution < -0.4 is 5.32 Å². The molecule has 1 heterocycles. The number of halogens is 1.